The zero-order valence-electron chi connectivity index (χ0n) is 10.8. The summed E-state index contributed by atoms with van der Waals surface area (Å²) in [5.74, 6) is 1.52. The maximum Gasteiger partial charge on any atom is 0.244 e. The smallest absolute Gasteiger partial charge is 0.244 e. The summed E-state index contributed by atoms with van der Waals surface area (Å²) in [6.07, 6.45) is 1.63. The van der Waals surface area contributed by atoms with E-state index in [1.54, 1.807) is 6.07 Å². The molecule has 20 heavy (non-hydrogen) atoms. The number of benzene rings is 1. The summed E-state index contributed by atoms with van der Waals surface area (Å²) in [4.78, 5) is 6.60. The second-order valence-electron chi connectivity index (χ2n) is 5.00. The Hall–Kier alpha value is -1.30. The van der Waals surface area contributed by atoms with Crippen LogP contribution in [0.4, 0.5) is 5.95 Å². The van der Waals surface area contributed by atoms with E-state index in [9.17, 15) is 0 Å². The molecule has 2 aromatic rings. The summed E-state index contributed by atoms with van der Waals surface area (Å²) in [6.45, 7) is 1.72. The van der Waals surface area contributed by atoms with Crippen LogP contribution in [-0.2, 0) is 6.42 Å². The second-order valence-corrected chi connectivity index (χ2v) is 5.82. The molecule has 1 unspecified atom stereocenters. The van der Waals surface area contributed by atoms with Gasteiger partial charge in [0.2, 0.25) is 5.95 Å². The standard InChI is InChI=1S/C13H15Cl2N5/c14-10-2-1-8(5-11(10)15)6-12-17-13(19-18-12)20-4-3-9(16)7-20/h1-2,5,9H,3-4,6-7,16H2,(H,17,18,19). The number of rotatable bonds is 3. The predicted molar refractivity (Wildman–Crippen MR) is 80.5 cm³/mol. The quantitative estimate of drug-likeness (QED) is 0.912. The average molecular weight is 312 g/mol. The largest absolute Gasteiger partial charge is 0.338 e. The van der Waals surface area contributed by atoms with Gasteiger partial charge in [-0.15, -0.1) is 5.10 Å². The van der Waals surface area contributed by atoms with E-state index in [-0.39, 0.29) is 6.04 Å². The highest BCUT2D eigenvalue weighted by Crippen LogP contribution is 2.23. The number of nitrogens with zero attached hydrogens (tertiary/aromatic N) is 3. The fourth-order valence-corrected chi connectivity index (χ4v) is 2.64. The first-order valence-corrected chi connectivity index (χ1v) is 7.23. The molecule has 0 saturated carbocycles. The topological polar surface area (TPSA) is 70.8 Å². The van der Waals surface area contributed by atoms with E-state index >= 15 is 0 Å². The minimum absolute atomic E-state index is 0.215. The summed E-state index contributed by atoms with van der Waals surface area (Å²) in [6, 6.07) is 5.78. The molecule has 7 heteroatoms. The Morgan fingerprint density at radius 1 is 1.35 bits per heavy atom. The fourth-order valence-electron chi connectivity index (χ4n) is 2.32. The van der Waals surface area contributed by atoms with Gasteiger partial charge in [0.05, 0.1) is 10.0 Å². The number of hydrogen-bond donors (Lipinski definition) is 2. The zero-order valence-corrected chi connectivity index (χ0v) is 12.3. The van der Waals surface area contributed by atoms with E-state index in [1.807, 2.05) is 12.1 Å². The number of nitrogens with one attached hydrogen (secondary N) is 1. The van der Waals surface area contributed by atoms with E-state index in [1.165, 1.54) is 0 Å². The summed E-state index contributed by atoms with van der Waals surface area (Å²) < 4.78 is 0. The van der Waals surface area contributed by atoms with Crippen LogP contribution >= 0.6 is 23.2 Å². The lowest BCUT2D eigenvalue weighted by Crippen LogP contribution is -2.27. The molecule has 1 aromatic heterocycles. The third-order valence-electron chi connectivity index (χ3n) is 3.38. The zero-order chi connectivity index (χ0) is 14.1. The van der Waals surface area contributed by atoms with Crippen LogP contribution in [0, 0.1) is 0 Å². The SMILES string of the molecule is NC1CCN(c2n[nH]c(Cc3ccc(Cl)c(Cl)c3)n2)C1. The van der Waals surface area contributed by atoms with Crippen LogP contribution in [0.5, 0.6) is 0 Å². The number of halogens is 2. The van der Waals surface area contributed by atoms with E-state index in [2.05, 4.69) is 20.1 Å². The molecule has 1 aliphatic rings. The number of H-pyrrole nitrogens is 1. The van der Waals surface area contributed by atoms with E-state index in [0.29, 0.717) is 22.4 Å². The number of aromatic amines is 1. The maximum absolute atomic E-state index is 6.00. The highest BCUT2D eigenvalue weighted by Gasteiger charge is 2.22. The van der Waals surface area contributed by atoms with Gasteiger partial charge in [0.1, 0.15) is 5.82 Å². The minimum atomic E-state index is 0.215. The monoisotopic (exact) mass is 311 g/mol. The molecule has 0 aliphatic carbocycles. The van der Waals surface area contributed by atoms with Crippen molar-refractivity contribution in [2.75, 3.05) is 18.0 Å². The van der Waals surface area contributed by atoms with Crippen LogP contribution < -0.4 is 10.6 Å². The van der Waals surface area contributed by atoms with Crippen molar-refractivity contribution in [2.24, 2.45) is 5.73 Å². The Labute approximate surface area is 127 Å². The van der Waals surface area contributed by atoms with Crippen LogP contribution in [-0.4, -0.2) is 34.3 Å². The third-order valence-corrected chi connectivity index (χ3v) is 4.12. The van der Waals surface area contributed by atoms with Crippen LogP contribution in [0.15, 0.2) is 18.2 Å². The summed E-state index contributed by atoms with van der Waals surface area (Å²) >= 11 is 11.9. The molecule has 3 rings (SSSR count). The minimum Gasteiger partial charge on any atom is -0.338 e. The van der Waals surface area contributed by atoms with Gasteiger partial charge >= 0.3 is 0 Å². The third kappa shape index (κ3) is 2.90. The molecule has 5 nitrogen and oxygen atoms in total. The Morgan fingerprint density at radius 3 is 2.90 bits per heavy atom. The Kier molecular flexibility index (Phi) is 3.83. The molecule has 2 heterocycles. The van der Waals surface area contributed by atoms with E-state index in [4.69, 9.17) is 28.9 Å². The highest BCUT2D eigenvalue weighted by molar-refractivity contribution is 6.42. The molecule has 0 bridgehead atoms. The fraction of sp³-hybridized carbons (Fsp3) is 0.385. The van der Waals surface area contributed by atoms with Gasteiger partial charge in [-0.1, -0.05) is 29.3 Å². The molecule has 3 N–H and O–H groups in total. The normalized spacial score (nSPS) is 18.8. The lowest BCUT2D eigenvalue weighted by Gasteiger charge is -2.11. The maximum atomic E-state index is 6.00. The van der Waals surface area contributed by atoms with E-state index in [0.717, 1.165) is 30.9 Å². The first-order chi connectivity index (χ1) is 9.61. The molecule has 0 amide bonds. The van der Waals surface area contributed by atoms with Crippen molar-refractivity contribution in [1.82, 2.24) is 15.2 Å². The Balaban J connectivity index is 1.72. The van der Waals surface area contributed by atoms with Crippen molar-refractivity contribution < 1.29 is 0 Å². The van der Waals surface area contributed by atoms with Gasteiger partial charge < -0.3 is 10.6 Å². The molecule has 0 spiro atoms. The van der Waals surface area contributed by atoms with Crippen molar-refractivity contribution in [1.29, 1.82) is 0 Å². The first kappa shape index (κ1) is 13.7. The van der Waals surface area contributed by atoms with Crippen LogP contribution in [0.3, 0.4) is 0 Å². The predicted octanol–water partition coefficient (Wildman–Crippen LogP) is 2.24. The molecule has 0 radical (unpaired) electrons. The van der Waals surface area contributed by atoms with Crippen molar-refractivity contribution in [3.8, 4) is 0 Å². The number of nitrogens with two attached hydrogens (primary N) is 1. The molecule has 1 saturated heterocycles. The first-order valence-electron chi connectivity index (χ1n) is 6.47. The summed E-state index contributed by atoms with van der Waals surface area (Å²) in [7, 11) is 0. The van der Waals surface area contributed by atoms with E-state index < -0.39 is 0 Å². The molecular formula is C13H15Cl2N5. The summed E-state index contributed by atoms with van der Waals surface area (Å²) in [5.41, 5.74) is 6.93. The number of aromatic nitrogens is 3. The van der Waals surface area contributed by atoms with Gasteiger partial charge in [-0.25, -0.2) is 0 Å². The van der Waals surface area contributed by atoms with Crippen LogP contribution in [0.25, 0.3) is 0 Å². The lowest BCUT2D eigenvalue weighted by atomic mass is 10.1. The van der Waals surface area contributed by atoms with Crippen molar-refractivity contribution >= 4 is 29.2 Å². The summed E-state index contributed by atoms with van der Waals surface area (Å²) in [5, 5.41) is 8.31. The van der Waals surface area contributed by atoms with Crippen molar-refractivity contribution in [3.05, 3.63) is 39.6 Å². The van der Waals surface area contributed by atoms with Gasteiger partial charge in [-0.2, -0.15) is 4.98 Å². The van der Waals surface area contributed by atoms with Gasteiger partial charge in [0, 0.05) is 25.6 Å². The Morgan fingerprint density at radius 2 is 2.20 bits per heavy atom. The van der Waals surface area contributed by atoms with Crippen LogP contribution in [0.2, 0.25) is 10.0 Å². The lowest BCUT2D eigenvalue weighted by molar-refractivity contribution is 0.750. The highest BCUT2D eigenvalue weighted by atomic mass is 35.5. The van der Waals surface area contributed by atoms with Gasteiger partial charge in [0.25, 0.3) is 0 Å². The molecule has 106 valence electrons. The molecule has 1 fully saturated rings. The number of anilines is 1. The molecule has 1 aliphatic heterocycles. The Bertz CT molecular complexity index is 613. The van der Waals surface area contributed by atoms with Crippen molar-refractivity contribution in [3.63, 3.8) is 0 Å². The van der Waals surface area contributed by atoms with Gasteiger partial charge in [-0.05, 0) is 24.1 Å². The van der Waals surface area contributed by atoms with Gasteiger partial charge in [0.15, 0.2) is 0 Å². The average Bonchev–Trinajstić information content (AvgIpc) is 3.03. The van der Waals surface area contributed by atoms with Crippen LogP contribution in [0.1, 0.15) is 17.8 Å². The molecule has 1 aromatic carbocycles. The molecule has 1 atom stereocenters. The van der Waals surface area contributed by atoms with Crippen molar-refractivity contribution in [2.45, 2.75) is 18.9 Å². The van der Waals surface area contributed by atoms with Gasteiger partial charge in [-0.3, -0.25) is 5.10 Å². The molecular weight excluding hydrogens is 297 g/mol. The number of hydrogen-bond acceptors (Lipinski definition) is 4. The second kappa shape index (κ2) is 5.60.